The Bertz CT molecular complexity index is 755. The van der Waals surface area contributed by atoms with Gasteiger partial charge in [-0.3, -0.25) is 14.5 Å². The molecule has 3 nitrogen and oxygen atoms in total. The van der Waals surface area contributed by atoms with Gasteiger partial charge in [0, 0.05) is 29.6 Å². The van der Waals surface area contributed by atoms with Crippen LogP contribution in [0.15, 0.2) is 35.7 Å². The summed E-state index contributed by atoms with van der Waals surface area (Å²) in [5.41, 5.74) is 1.85. The number of hydrogen-bond donors (Lipinski definition) is 0. The van der Waals surface area contributed by atoms with Crippen LogP contribution in [0.25, 0.3) is 0 Å². The van der Waals surface area contributed by atoms with Gasteiger partial charge in [0.05, 0.1) is 4.88 Å². The Kier molecular flexibility index (Phi) is 5.49. The summed E-state index contributed by atoms with van der Waals surface area (Å²) >= 11 is 7.50. The normalized spacial score (nSPS) is 18.5. The van der Waals surface area contributed by atoms with Gasteiger partial charge in [0.2, 0.25) is 0 Å². The number of piperidine rings is 1. The standard InChI is InChI=1S/C19H20ClNO2S/c1-13(22)18-8-14(12-24-18)10-21-7-3-5-16(11-21)19(23)15-4-2-6-17(20)9-15/h2,4,6,8-9,12,16H,3,5,7,10-11H2,1H3/t16-/m1/s1. The summed E-state index contributed by atoms with van der Waals surface area (Å²) in [5, 5.41) is 2.64. The number of hydrogen-bond acceptors (Lipinski definition) is 4. The minimum Gasteiger partial charge on any atom is -0.298 e. The van der Waals surface area contributed by atoms with Gasteiger partial charge in [-0.05, 0) is 55.5 Å². The Hall–Kier alpha value is -1.49. The van der Waals surface area contributed by atoms with E-state index >= 15 is 0 Å². The van der Waals surface area contributed by atoms with Crippen molar-refractivity contribution in [1.82, 2.24) is 4.90 Å². The fourth-order valence-electron chi connectivity index (χ4n) is 3.19. The van der Waals surface area contributed by atoms with Crippen LogP contribution in [-0.2, 0) is 6.54 Å². The van der Waals surface area contributed by atoms with E-state index in [9.17, 15) is 9.59 Å². The molecule has 1 aliphatic heterocycles. The Morgan fingerprint density at radius 2 is 2.17 bits per heavy atom. The first-order valence-electron chi connectivity index (χ1n) is 8.13. The van der Waals surface area contributed by atoms with Crippen molar-refractivity contribution >= 4 is 34.5 Å². The van der Waals surface area contributed by atoms with Gasteiger partial charge in [-0.15, -0.1) is 11.3 Å². The Morgan fingerprint density at radius 1 is 1.33 bits per heavy atom. The lowest BCUT2D eigenvalue weighted by Gasteiger charge is -2.31. The lowest BCUT2D eigenvalue weighted by molar-refractivity contribution is 0.0811. The van der Waals surface area contributed by atoms with Crippen LogP contribution in [-0.4, -0.2) is 29.6 Å². The number of halogens is 1. The zero-order chi connectivity index (χ0) is 17.1. The van der Waals surface area contributed by atoms with Crippen LogP contribution in [0.1, 0.15) is 45.4 Å². The van der Waals surface area contributed by atoms with Crippen LogP contribution in [0.4, 0.5) is 0 Å². The maximum absolute atomic E-state index is 12.7. The number of Topliss-reactive ketones (excluding diaryl/α,β-unsaturated/α-hetero) is 2. The Labute approximate surface area is 151 Å². The van der Waals surface area contributed by atoms with Gasteiger partial charge in [0.15, 0.2) is 11.6 Å². The van der Waals surface area contributed by atoms with Crippen LogP contribution in [0.2, 0.25) is 5.02 Å². The fraction of sp³-hybridized carbons (Fsp3) is 0.368. The topological polar surface area (TPSA) is 37.4 Å². The van der Waals surface area contributed by atoms with Crippen molar-refractivity contribution in [3.63, 3.8) is 0 Å². The van der Waals surface area contributed by atoms with Gasteiger partial charge in [-0.1, -0.05) is 23.7 Å². The van der Waals surface area contributed by atoms with Crippen molar-refractivity contribution in [2.45, 2.75) is 26.3 Å². The summed E-state index contributed by atoms with van der Waals surface area (Å²) in [6, 6.07) is 9.17. The van der Waals surface area contributed by atoms with Crippen molar-refractivity contribution < 1.29 is 9.59 Å². The van der Waals surface area contributed by atoms with Gasteiger partial charge < -0.3 is 0 Å². The third-order valence-electron chi connectivity index (χ3n) is 4.39. The predicted octanol–water partition coefficient (Wildman–Crippen LogP) is 4.70. The largest absolute Gasteiger partial charge is 0.298 e. The highest BCUT2D eigenvalue weighted by Crippen LogP contribution is 2.25. The van der Waals surface area contributed by atoms with Crippen LogP contribution in [0, 0.1) is 5.92 Å². The molecule has 0 N–H and O–H groups in total. The quantitative estimate of drug-likeness (QED) is 0.724. The predicted molar refractivity (Wildman–Crippen MR) is 98.1 cm³/mol. The summed E-state index contributed by atoms with van der Waals surface area (Å²) in [6.45, 7) is 4.14. The molecule has 0 aliphatic carbocycles. The molecule has 1 aromatic heterocycles. The number of ketones is 2. The van der Waals surface area contributed by atoms with E-state index in [1.807, 2.05) is 23.6 Å². The second kappa shape index (κ2) is 7.60. The molecule has 1 aliphatic rings. The van der Waals surface area contributed by atoms with Gasteiger partial charge in [-0.2, -0.15) is 0 Å². The summed E-state index contributed by atoms with van der Waals surface area (Å²) in [6.07, 6.45) is 1.94. The number of nitrogens with zero attached hydrogens (tertiary/aromatic N) is 1. The molecular weight excluding hydrogens is 342 g/mol. The van der Waals surface area contributed by atoms with Gasteiger partial charge in [-0.25, -0.2) is 0 Å². The molecular formula is C19H20ClNO2S. The van der Waals surface area contributed by atoms with Crippen LogP contribution < -0.4 is 0 Å². The zero-order valence-corrected chi connectivity index (χ0v) is 15.2. The summed E-state index contributed by atoms with van der Waals surface area (Å²) < 4.78 is 0. The molecule has 0 unspecified atom stereocenters. The SMILES string of the molecule is CC(=O)c1cc(CN2CCC[C@@H](C(=O)c3cccc(Cl)c3)C2)cs1. The zero-order valence-electron chi connectivity index (χ0n) is 13.6. The molecule has 0 saturated carbocycles. The summed E-state index contributed by atoms with van der Waals surface area (Å²) in [7, 11) is 0. The molecule has 1 saturated heterocycles. The number of carbonyl (C=O) groups excluding carboxylic acids is 2. The van der Waals surface area contributed by atoms with E-state index < -0.39 is 0 Å². The first kappa shape index (κ1) is 17.3. The second-order valence-electron chi connectivity index (χ2n) is 6.32. The fourth-order valence-corrected chi connectivity index (χ4v) is 4.19. The minimum atomic E-state index is 0.0168. The van der Waals surface area contributed by atoms with Gasteiger partial charge in [0.1, 0.15) is 0 Å². The lowest BCUT2D eigenvalue weighted by atomic mass is 9.90. The van der Waals surface area contributed by atoms with Gasteiger partial charge >= 0.3 is 0 Å². The van der Waals surface area contributed by atoms with Crippen LogP contribution in [0.3, 0.4) is 0 Å². The molecule has 24 heavy (non-hydrogen) atoms. The van der Waals surface area contributed by atoms with E-state index in [2.05, 4.69) is 4.90 Å². The Morgan fingerprint density at radius 3 is 2.88 bits per heavy atom. The van der Waals surface area contributed by atoms with Crippen molar-refractivity contribution in [3.8, 4) is 0 Å². The molecule has 0 spiro atoms. The minimum absolute atomic E-state index is 0.0168. The monoisotopic (exact) mass is 361 g/mol. The number of rotatable bonds is 5. The van der Waals surface area contributed by atoms with E-state index in [1.54, 1.807) is 19.1 Å². The highest BCUT2D eigenvalue weighted by Gasteiger charge is 2.26. The number of likely N-dealkylation sites (tertiary alicyclic amines) is 1. The summed E-state index contributed by atoms with van der Waals surface area (Å²) in [5.74, 6) is 0.305. The van der Waals surface area contributed by atoms with Crippen LogP contribution in [0.5, 0.6) is 0 Å². The first-order chi connectivity index (χ1) is 11.5. The van der Waals surface area contributed by atoms with Crippen LogP contribution >= 0.6 is 22.9 Å². The molecule has 0 radical (unpaired) electrons. The molecule has 126 valence electrons. The molecule has 2 heterocycles. The van der Waals surface area contributed by atoms with Crippen molar-refractivity contribution in [3.05, 3.63) is 56.7 Å². The van der Waals surface area contributed by atoms with E-state index in [-0.39, 0.29) is 17.5 Å². The molecule has 0 amide bonds. The maximum Gasteiger partial charge on any atom is 0.169 e. The van der Waals surface area contributed by atoms with Gasteiger partial charge in [0.25, 0.3) is 0 Å². The van der Waals surface area contributed by atoms with Crippen molar-refractivity contribution in [2.24, 2.45) is 5.92 Å². The first-order valence-corrected chi connectivity index (χ1v) is 9.39. The van der Waals surface area contributed by atoms with E-state index in [0.717, 1.165) is 42.9 Å². The highest BCUT2D eigenvalue weighted by molar-refractivity contribution is 7.12. The molecule has 5 heteroatoms. The van der Waals surface area contributed by atoms with Crippen molar-refractivity contribution in [1.29, 1.82) is 0 Å². The third kappa shape index (κ3) is 4.12. The lowest BCUT2D eigenvalue weighted by Crippen LogP contribution is -2.38. The molecule has 3 rings (SSSR count). The smallest absolute Gasteiger partial charge is 0.169 e. The summed E-state index contributed by atoms with van der Waals surface area (Å²) in [4.78, 5) is 27.2. The van der Waals surface area contributed by atoms with Crippen molar-refractivity contribution in [2.75, 3.05) is 13.1 Å². The average Bonchev–Trinajstić information content (AvgIpc) is 3.03. The molecule has 1 aromatic carbocycles. The molecule has 1 atom stereocenters. The van der Waals surface area contributed by atoms with E-state index in [1.165, 1.54) is 11.3 Å². The highest BCUT2D eigenvalue weighted by atomic mass is 35.5. The number of thiophene rings is 1. The maximum atomic E-state index is 12.7. The Balaban J connectivity index is 1.65. The molecule has 2 aromatic rings. The second-order valence-corrected chi connectivity index (χ2v) is 7.67. The number of benzene rings is 1. The molecule has 0 bridgehead atoms. The van der Waals surface area contributed by atoms with E-state index in [0.29, 0.717) is 10.6 Å². The number of carbonyl (C=O) groups is 2. The molecule has 1 fully saturated rings. The van der Waals surface area contributed by atoms with E-state index in [4.69, 9.17) is 11.6 Å². The third-order valence-corrected chi connectivity index (χ3v) is 5.71. The average molecular weight is 362 g/mol.